The zero-order valence-electron chi connectivity index (χ0n) is 22.3. The summed E-state index contributed by atoms with van der Waals surface area (Å²) in [6, 6.07) is 6.32. The van der Waals surface area contributed by atoms with Crippen molar-refractivity contribution in [2.45, 2.75) is 63.3 Å². The SMILES string of the molecule is CC(C(=O)O[C@H]1C[N+]2(CCCOc3ccc(C(F)(F)F)cn3)CCC1CC2)(c1cccs1)N1CCCCC1.[Br-]. The first-order valence-corrected chi connectivity index (χ1v) is 14.6. The number of carbonyl (C=O) groups is 1. The van der Waals surface area contributed by atoms with Crippen molar-refractivity contribution in [1.29, 1.82) is 0 Å². The molecule has 2 aromatic heterocycles. The summed E-state index contributed by atoms with van der Waals surface area (Å²) < 4.78 is 51.1. The predicted octanol–water partition coefficient (Wildman–Crippen LogP) is 2.49. The lowest BCUT2D eigenvalue weighted by Gasteiger charge is -2.52. The van der Waals surface area contributed by atoms with Crippen LogP contribution in [0.4, 0.5) is 13.2 Å². The molecule has 6 nitrogen and oxygen atoms in total. The number of halogens is 4. The standard InChI is InChI=1S/C28H37F3N3O3S.BrH/c1-27(24-7-5-18-38-24,33-12-3-2-4-13-33)26(35)37-23-20-34(15-10-21(23)11-16-34)14-6-17-36-25-9-8-22(19-32-25)28(29,30)31;/h5,7-9,18-19,21,23H,2-4,6,10-17,20H2,1H3;1H/q+1;/p-1/t21?,23-,27?,34?;/m0./s1. The van der Waals surface area contributed by atoms with Gasteiger partial charge < -0.3 is 30.9 Å². The van der Waals surface area contributed by atoms with Gasteiger partial charge in [-0.1, -0.05) is 12.5 Å². The maximum absolute atomic E-state index is 13.9. The van der Waals surface area contributed by atoms with E-state index in [4.69, 9.17) is 9.47 Å². The molecule has 216 valence electrons. The Morgan fingerprint density at radius 3 is 2.51 bits per heavy atom. The lowest BCUT2D eigenvalue weighted by molar-refractivity contribution is -0.946. The fraction of sp³-hybridized carbons (Fsp3) is 0.643. The van der Waals surface area contributed by atoms with E-state index in [1.807, 2.05) is 18.4 Å². The van der Waals surface area contributed by atoms with Crippen LogP contribution in [0, 0.1) is 5.92 Å². The Kier molecular flexibility index (Phi) is 9.66. The summed E-state index contributed by atoms with van der Waals surface area (Å²) in [5.41, 5.74) is -1.54. The topological polar surface area (TPSA) is 51.7 Å². The van der Waals surface area contributed by atoms with Crippen LogP contribution in [0.1, 0.15) is 55.9 Å². The molecule has 4 fully saturated rings. The van der Waals surface area contributed by atoms with Gasteiger partial charge in [-0.15, -0.1) is 11.3 Å². The van der Waals surface area contributed by atoms with Crippen LogP contribution in [0.5, 0.6) is 5.88 Å². The number of hydrogen-bond acceptors (Lipinski definition) is 6. The third-order valence-electron chi connectivity index (χ3n) is 8.78. The van der Waals surface area contributed by atoms with E-state index in [9.17, 15) is 18.0 Å². The number of rotatable bonds is 9. The van der Waals surface area contributed by atoms with E-state index in [1.165, 1.54) is 12.5 Å². The molecule has 0 aliphatic carbocycles. The number of ether oxygens (including phenoxy) is 2. The molecule has 4 saturated heterocycles. The van der Waals surface area contributed by atoms with E-state index in [0.29, 0.717) is 12.5 Å². The van der Waals surface area contributed by atoms with Crippen molar-refractivity contribution >= 4 is 17.3 Å². The zero-order valence-corrected chi connectivity index (χ0v) is 24.7. The van der Waals surface area contributed by atoms with E-state index < -0.39 is 17.3 Å². The second-order valence-corrected chi connectivity index (χ2v) is 12.1. The third kappa shape index (κ3) is 6.63. The summed E-state index contributed by atoms with van der Waals surface area (Å²) in [5, 5.41) is 2.03. The highest BCUT2D eigenvalue weighted by molar-refractivity contribution is 7.10. The van der Waals surface area contributed by atoms with E-state index in [-0.39, 0.29) is 34.9 Å². The summed E-state index contributed by atoms with van der Waals surface area (Å²) >= 11 is 1.62. The van der Waals surface area contributed by atoms with E-state index in [1.54, 1.807) is 11.3 Å². The number of hydrogen-bond donors (Lipinski definition) is 0. The van der Waals surface area contributed by atoms with Gasteiger partial charge in [0.1, 0.15) is 6.54 Å². The largest absolute Gasteiger partial charge is 1.00 e. The van der Waals surface area contributed by atoms with Crippen molar-refractivity contribution in [3.8, 4) is 5.88 Å². The van der Waals surface area contributed by atoms with Gasteiger partial charge in [0, 0.05) is 42.3 Å². The average Bonchev–Trinajstić information content (AvgIpc) is 3.47. The van der Waals surface area contributed by atoms with E-state index in [0.717, 1.165) is 93.0 Å². The number of likely N-dealkylation sites (tertiary alicyclic amines) is 1. The van der Waals surface area contributed by atoms with Gasteiger partial charge in [-0.25, -0.2) is 9.78 Å². The molecule has 1 unspecified atom stereocenters. The Labute approximate surface area is 242 Å². The number of alkyl halides is 3. The maximum atomic E-state index is 13.9. The number of fused-ring (bicyclic) bond motifs is 3. The van der Waals surface area contributed by atoms with Gasteiger partial charge in [0.05, 0.1) is 31.8 Å². The van der Waals surface area contributed by atoms with Crippen LogP contribution in [0.3, 0.4) is 0 Å². The molecule has 0 amide bonds. The first-order chi connectivity index (χ1) is 18.2. The minimum atomic E-state index is -4.41. The molecule has 0 aromatic carbocycles. The zero-order chi connectivity index (χ0) is 26.8. The number of aromatic nitrogens is 1. The van der Waals surface area contributed by atoms with Crippen LogP contribution in [0.2, 0.25) is 0 Å². The molecule has 0 spiro atoms. The van der Waals surface area contributed by atoms with E-state index >= 15 is 0 Å². The average molecular weight is 633 g/mol. The van der Waals surface area contributed by atoms with Crippen LogP contribution in [0.25, 0.3) is 0 Å². The Morgan fingerprint density at radius 1 is 1.15 bits per heavy atom. The van der Waals surface area contributed by atoms with Crippen LogP contribution < -0.4 is 21.7 Å². The summed E-state index contributed by atoms with van der Waals surface area (Å²) in [4.78, 5) is 21.0. The van der Waals surface area contributed by atoms with Crippen LogP contribution in [-0.4, -0.2) is 72.3 Å². The molecule has 2 bridgehead atoms. The Hall–Kier alpha value is -1.69. The maximum Gasteiger partial charge on any atom is 0.417 e. The quantitative estimate of drug-likeness (QED) is 0.242. The highest BCUT2D eigenvalue weighted by Crippen LogP contribution is 2.40. The summed E-state index contributed by atoms with van der Waals surface area (Å²) in [6.45, 7) is 8.06. The molecule has 39 heavy (non-hydrogen) atoms. The van der Waals surface area contributed by atoms with Gasteiger partial charge in [0.25, 0.3) is 0 Å². The van der Waals surface area contributed by atoms with Crippen molar-refractivity contribution in [1.82, 2.24) is 9.88 Å². The second kappa shape index (κ2) is 12.4. The number of thiophene rings is 1. The molecule has 4 aliphatic rings. The van der Waals surface area contributed by atoms with Gasteiger partial charge in [-0.05, 0) is 50.4 Å². The molecule has 6 rings (SSSR count). The Morgan fingerprint density at radius 2 is 1.90 bits per heavy atom. The molecule has 4 aliphatic heterocycles. The smallest absolute Gasteiger partial charge is 0.417 e. The number of piperidine rings is 4. The number of nitrogens with zero attached hydrogens (tertiary/aromatic N) is 3. The van der Waals surface area contributed by atoms with Crippen molar-refractivity contribution in [2.24, 2.45) is 5.92 Å². The summed E-state index contributed by atoms with van der Waals surface area (Å²) in [6.07, 6.45) is 2.55. The monoisotopic (exact) mass is 631 g/mol. The van der Waals surface area contributed by atoms with Crippen LogP contribution >= 0.6 is 11.3 Å². The van der Waals surface area contributed by atoms with Gasteiger partial charge in [-0.3, -0.25) is 4.90 Å². The minimum absolute atomic E-state index is 0. The normalized spacial score (nSPS) is 26.9. The minimum Gasteiger partial charge on any atom is -1.00 e. The molecule has 0 radical (unpaired) electrons. The molecule has 6 heterocycles. The fourth-order valence-corrected chi connectivity index (χ4v) is 7.32. The molecule has 0 N–H and O–H groups in total. The van der Waals surface area contributed by atoms with Crippen molar-refractivity contribution in [2.75, 3.05) is 45.9 Å². The number of carbonyl (C=O) groups excluding carboxylic acids is 1. The van der Waals surface area contributed by atoms with Crippen LogP contribution in [0.15, 0.2) is 35.8 Å². The first kappa shape index (κ1) is 30.3. The number of quaternary nitrogens is 1. The molecular formula is C28H37BrF3N3O3S. The second-order valence-electron chi connectivity index (χ2n) is 11.2. The molecule has 2 aromatic rings. The lowest BCUT2D eigenvalue weighted by Crippen LogP contribution is -3.00. The van der Waals surface area contributed by atoms with Gasteiger partial charge >= 0.3 is 12.1 Å². The number of esters is 1. The number of pyridine rings is 1. The molecule has 11 heteroatoms. The molecule has 2 atom stereocenters. The van der Waals surface area contributed by atoms with Gasteiger partial charge in [0.15, 0.2) is 11.6 Å². The highest BCUT2D eigenvalue weighted by Gasteiger charge is 2.51. The summed E-state index contributed by atoms with van der Waals surface area (Å²) in [5.74, 6) is 0.476. The molecular weight excluding hydrogens is 595 g/mol. The van der Waals surface area contributed by atoms with E-state index in [2.05, 4.69) is 16.0 Å². The van der Waals surface area contributed by atoms with Gasteiger partial charge in [-0.2, -0.15) is 13.2 Å². The predicted molar refractivity (Wildman–Crippen MR) is 139 cm³/mol. The molecule has 0 saturated carbocycles. The fourth-order valence-electron chi connectivity index (χ4n) is 6.41. The Bertz CT molecular complexity index is 1070. The third-order valence-corrected chi connectivity index (χ3v) is 9.86. The lowest BCUT2D eigenvalue weighted by atomic mass is 9.82. The summed E-state index contributed by atoms with van der Waals surface area (Å²) in [7, 11) is 0. The van der Waals surface area contributed by atoms with Crippen molar-refractivity contribution in [3.63, 3.8) is 0 Å². The highest BCUT2D eigenvalue weighted by atomic mass is 79.9. The Balaban J connectivity index is 0.00000353. The van der Waals surface area contributed by atoms with Crippen LogP contribution in [-0.2, 0) is 21.2 Å². The van der Waals surface area contributed by atoms with Crippen molar-refractivity contribution < 1.29 is 48.9 Å². The first-order valence-electron chi connectivity index (χ1n) is 13.7. The van der Waals surface area contributed by atoms with Crippen molar-refractivity contribution in [3.05, 3.63) is 46.3 Å². The van der Waals surface area contributed by atoms with Gasteiger partial charge in [0.2, 0.25) is 5.88 Å².